The molecule has 1 aromatic rings. The largest absolute Gasteiger partial charge is 0.464 e. The average Bonchev–Trinajstić information content (AvgIpc) is 2.70. The Bertz CT molecular complexity index is 494. The van der Waals surface area contributed by atoms with Gasteiger partial charge in [-0.1, -0.05) is 13.8 Å². The topological polar surface area (TPSA) is 94.6 Å². The first-order chi connectivity index (χ1) is 8.86. The lowest BCUT2D eigenvalue weighted by atomic mass is 10.2. The first kappa shape index (κ1) is 16.2. The van der Waals surface area contributed by atoms with E-state index in [1.165, 1.54) is 6.07 Å². The molecule has 7 heteroatoms. The van der Waals surface area contributed by atoms with Crippen molar-refractivity contribution in [2.75, 3.05) is 19.8 Å². The lowest BCUT2D eigenvalue weighted by molar-refractivity contribution is 0.114. The van der Waals surface area contributed by atoms with E-state index in [9.17, 15) is 8.42 Å². The van der Waals surface area contributed by atoms with E-state index in [0.29, 0.717) is 30.7 Å². The molecule has 0 bridgehead atoms. The van der Waals surface area contributed by atoms with Crippen LogP contribution in [0.25, 0.3) is 0 Å². The molecule has 0 aliphatic carbocycles. The molecule has 19 heavy (non-hydrogen) atoms. The fraction of sp³-hybridized carbons (Fsp3) is 0.667. The van der Waals surface area contributed by atoms with Crippen molar-refractivity contribution in [3.63, 3.8) is 0 Å². The number of sulfonamides is 1. The Labute approximate surface area is 114 Å². The fourth-order valence-corrected chi connectivity index (χ4v) is 2.75. The molecule has 1 heterocycles. The highest BCUT2D eigenvalue weighted by Gasteiger charge is 2.20. The third kappa shape index (κ3) is 4.94. The molecule has 6 nitrogen and oxygen atoms in total. The highest BCUT2D eigenvalue weighted by atomic mass is 32.2. The van der Waals surface area contributed by atoms with E-state index in [2.05, 4.69) is 4.72 Å². The van der Waals surface area contributed by atoms with Crippen molar-refractivity contribution in [3.05, 3.63) is 17.6 Å². The van der Waals surface area contributed by atoms with Gasteiger partial charge in [0.2, 0.25) is 10.0 Å². The van der Waals surface area contributed by atoms with Gasteiger partial charge in [-0.25, -0.2) is 13.1 Å². The predicted octanol–water partition coefficient (Wildman–Crippen LogP) is 0.998. The van der Waals surface area contributed by atoms with Gasteiger partial charge in [0.15, 0.2) is 0 Å². The van der Waals surface area contributed by atoms with Gasteiger partial charge in [-0.05, 0) is 12.8 Å². The second-order valence-electron chi connectivity index (χ2n) is 4.70. The summed E-state index contributed by atoms with van der Waals surface area (Å²) in [6.07, 6.45) is 0. The van der Waals surface area contributed by atoms with Crippen LogP contribution in [0.3, 0.4) is 0 Å². The summed E-state index contributed by atoms with van der Waals surface area (Å²) in [5.41, 5.74) is 5.41. The van der Waals surface area contributed by atoms with Gasteiger partial charge >= 0.3 is 0 Å². The summed E-state index contributed by atoms with van der Waals surface area (Å²) in [5.74, 6) is 1.23. The van der Waals surface area contributed by atoms with Crippen molar-refractivity contribution in [1.29, 1.82) is 0 Å². The molecular weight excluding hydrogens is 268 g/mol. The maximum Gasteiger partial charge on any atom is 0.244 e. The molecule has 0 fully saturated rings. The van der Waals surface area contributed by atoms with Crippen LogP contribution in [0.4, 0.5) is 0 Å². The van der Waals surface area contributed by atoms with Crippen LogP contribution in [-0.4, -0.2) is 28.2 Å². The lowest BCUT2D eigenvalue weighted by Gasteiger charge is -2.08. The summed E-state index contributed by atoms with van der Waals surface area (Å²) >= 11 is 0. The Balaban J connectivity index is 2.53. The van der Waals surface area contributed by atoms with Gasteiger partial charge in [-0.15, -0.1) is 0 Å². The van der Waals surface area contributed by atoms with E-state index in [-0.39, 0.29) is 18.0 Å². The van der Waals surface area contributed by atoms with Crippen molar-refractivity contribution in [1.82, 2.24) is 4.72 Å². The van der Waals surface area contributed by atoms with Crippen LogP contribution in [0.15, 0.2) is 15.4 Å². The van der Waals surface area contributed by atoms with Gasteiger partial charge in [-0.3, -0.25) is 0 Å². The third-order valence-corrected chi connectivity index (χ3v) is 3.97. The van der Waals surface area contributed by atoms with Crippen molar-refractivity contribution in [2.24, 2.45) is 11.7 Å². The molecule has 0 aliphatic heterocycles. The number of aryl methyl sites for hydroxylation is 1. The minimum Gasteiger partial charge on any atom is -0.464 e. The number of nitrogens with two attached hydrogens (primary N) is 1. The molecule has 0 saturated heterocycles. The molecule has 1 rings (SSSR count). The second-order valence-corrected chi connectivity index (χ2v) is 6.44. The van der Waals surface area contributed by atoms with Crippen LogP contribution in [-0.2, 0) is 21.3 Å². The molecule has 0 radical (unpaired) electrons. The van der Waals surface area contributed by atoms with Crippen molar-refractivity contribution in [3.8, 4) is 0 Å². The van der Waals surface area contributed by atoms with E-state index in [0.717, 1.165) is 0 Å². The van der Waals surface area contributed by atoms with Gasteiger partial charge < -0.3 is 14.9 Å². The standard InChI is InChI=1S/C12H22N2O4S/c1-9(2)8-17-5-4-14-19(15,16)12-6-11(7-13)18-10(12)3/h6,9,14H,4-5,7-8,13H2,1-3H3. The zero-order valence-electron chi connectivity index (χ0n) is 11.6. The second kappa shape index (κ2) is 7.04. The Morgan fingerprint density at radius 2 is 2.16 bits per heavy atom. The number of ether oxygens (including phenoxy) is 1. The van der Waals surface area contributed by atoms with Crippen molar-refractivity contribution < 1.29 is 17.6 Å². The van der Waals surface area contributed by atoms with E-state index in [4.69, 9.17) is 14.9 Å². The SMILES string of the molecule is Cc1oc(CN)cc1S(=O)(=O)NCCOCC(C)C. The number of hydrogen-bond acceptors (Lipinski definition) is 5. The molecular formula is C12H22N2O4S. The number of rotatable bonds is 8. The highest BCUT2D eigenvalue weighted by Crippen LogP contribution is 2.19. The van der Waals surface area contributed by atoms with E-state index >= 15 is 0 Å². The van der Waals surface area contributed by atoms with E-state index in [1.54, 1.807) is 6.92 Å². The monoisotopic (exact) mass is 290 g/mol. The Kier molecular flexibility index (Phi) is 5.99. The Morgan fingerprint density at radius 3 is 2.68 bits per heavy atom. The summed E-state index contributed by atoms with van der Waals surface area (Å²) in [7, 11) is -3.56. The van der Waals surface area contributed by atoms with Gasteiger partial charge in [-0.2, -0.15) is 0 Å². The maximum absolute atomic E-state index is 12.0. The summed E-state index contributed by atoms with van der Waals surface area (Å²) < 4.78 is 37.0. The predicted molar refractivity (Wildman–Crippen MR) is 72.2 cm³/mol. The molecule has 0 aliphatic rings. The Morgan fingerprint density at radius 1 is 1.47 bits per heavy atom. The highest BCUT2D eigenvalue weighted by molar-refractivity contribution is 7.89. The minimum atomic E-state index is -3.56. The zero-order valence-corrected chi connectivity index (χ0v) is 12.4. The van der Waals surface area contributed by atoms with E-state index < -0.39 is 10.0 Å². The molecule has 3 N–H and O–H groups in total. The smallest absolute Gasteiger partial charge is 0.244 e. The van der Waals surface area contributed by atoms with Crippen molar-refractivity contribution in [2.45, 2.75) is 32.2 Å². The lowest BCUT2D eigenvalue weighted by Crippen LogP contribution is -2.28. The summed E-state index contributed by atoms with van der Waals surface area (Å²) in [6.45, 7) is 7.04. The van der Waals surface area contributed by atoms with Gasteiger partial charge in [0.1, 0.15) is 16.4 Å². The maximum atomic E-state index is 12.0. The molecule has 0 amide bonds. The summed E-state index contributed by atoms with van der Waals surface area (Å²) in [6, 6.07) is 1.45. The van der Waals surface area contributed by atoms with E-state index in [1.807, 2.05) is 13.8 Å². The molecule has 110 valence electrons. The first-order valence-corrected chi connectivity index (χ1v) is 7.72. The summed E-state index contributed by atoms with van der Waals surface area (Å²) in [4.78, 5) is 0.136. The molecule has 0 unspecified atom stereocenters. The van der Waals surface area contributed by atoms with Crippen molar-refractivity contribution >= 4 is 10.0 Å². The van der Waals surface area contributed by atoms with Crippen LogP contribution in [0.1, 0.15) is 25.4 Å². The van der Waals surface area contributed by atoms with Crippen LogP contribution in [0, 0.1) is 12.8 Å². The molecule has 0 atom stereocenters. The molecule has 0 spiro atoms. The number of nitrogens with one attached hydrogen (secondary N) is 1. The van der Waals surface area contributed by atoms with Crippen LogP contribution >= 0.6 is 0 Å². The molecule has 0 saturated carbocycles. The Hall–Kier alpha value is -0.890. The van der Waals surface area contributed by atoms with Gasteiger partial charge in [0.05, 0.1) is 13.2 Å². The number of furan rings is 1. The summed E-state index contributed by atoms with van der Waals surface area (Å²) in [5, 5.41) is 0. The first-order valence-electron chi connectivity index (χ1n) is 6.23. The fourth-order valence-electron chi connectivity index (χ4n) is 1.54. The zero-order chi connectivity index (χ0) is 14.5. The van der Waals surface area contributed by atoms with Crippen LogP contribution in [0.5, 0.6) is 0 Å². The number of hydrogen-bond donors (Lipinski definition) is 2. The van der Waals surface area contributed by atoms with Crippen LogP contribution < -0.4 is 10.5 Å². The van der Waals surface area contributed by atoms with Gasteiger partial charge in [0, 0.05) is 19.2 Å². The minimum absolute atomic E-state index is 0.136. The average molecular weight is 290 g/mol. The molecule has 0 aromatic carbocycles. The van der Waals surface area contributed by atoms with Crippen LogP contribution in [0.2, 0.25) is 0 Å². The molecule has 1 aromatic heterocycles. The quantitative estimate of drug-likeness (QED) is 0.696. The normalized spacial score (nSPS) is 12.3. The van der Waals surface area contributed by atoms with Gasteiger partial charge in [0.25, 0.3) is 0 Å². The third-order valence-electron chi connectivity index (χ3n) is 2.40.